The van der Waals surface area contributed by atoms with Crippen LogP contribution >= 0.6 is 27.5 Å². The Bertz CT molecular complexity index is 797. The summed E-state index contributed by atoms with van der Waals surface area (Å²) in [5.74, 6) is -3.15. The number of carbonyl (C=O) groups is 3. The van der Waals surface area contributed by atoms with Crippen LogP contribution in [0, 0.1) is 5.82 Å². The Kier molecular flexibility index (Phi) is 6.41. The van der Waals surface area contributed by atoms with Crippen molar-refractivity contribution in [3.8, 4) is 0 Å². The summed E-state index contributed by atoms with van der Waals surface area (Å²) < 4.78 is 23.9. The second kappa shape index (κ2) is 8.18. The number of hydrogen-bond acceptors (Lipinski definition) is 5. The molecular weight excluding hydrogens is 433 g/mol. The van der Waals surface area contributed by atoms with Crippen molar-refractivity contribution in [2.45, 2.75) is 32.3 Å². The van der Waals surface area contributed by atoms with Crippen LogP contribution in [0.4, 0.5) is 4.39 Å². The van der Waals surface area contributed by atoms with Gasteiger partial charge in [0.25, 0.3) is 5.78 Å². The van der Waals surface area contributed by atoms with E-state index >= 15 is 0 Å². The molecule has 0 fully saturated rings. The van der Waals surface area contributed by atoms with E-state index in [-0.39, 0.29) is 22.9 Å². The molecule has 1 aromatic rings. The molecule has 0 saturated carbocycles. The van der Waals surface area contributed by atoms with Crippen LogP contribution in [0.15, 0.2) is 29.8 Å². The Morgan fingerprint density at radius 3 is 2.69 bits per heavy atom. The first-order chi connectivity index (χ1) is 12.2. The molecule has 0 aromatic heterocycles. The van der Waals surface area contributed by atoms with Crippen molar-refractivity contribution in [3.63, 3.8) is 0 Å². The van der Waals surface area contributed by atoms with E-state index in [1.807, 2.05) is 0 Å². The van der Waals surface area contributed by atoms with Gasteiger partial charge in [0, 0.05) is 24.2 Å². The summed E-state index contributed by atoms with van der Waals surface area (Å²) in [6, 6.07) is 3.47. The van der Waals surface area contributed by atoms with Crippen LogP contribution in [0.5, 0.6) is 0 Å². The molecule has 0 spiro atoms. The van der Waals surface area contributed by atoms with Gasteiger partial charge in [0.2, 0.25) is 23.2 Å². The first-order valence-electron chi connectivity index (χ1n) is 7.67. The summed E-state index contributed by atoms with van der Waals surface area (Å²) in [5, 5.41) is 3.03. The van der Waals surface area contributed by atoms with Crippen LogP contribution in [0.2, 0.25) is 5.02 Å². The molecule has 0 radical (unpaired) electrons. The topological polar surface area (TPSA) is 81.7 Å². The number of hydrogen-bond donors (Lipinski definition) is 1. The first-order valence-corrected chi connectivity index (χ1v) is 9.17. The van der Waals surface area contributed by atoms with Gasteiger partial charge < -0.3 is 9.47 Å². The normalized spacial score (nSPS) is 19.3. The second-order valence-electron chi connectivity index (χ2n) is 5.68. The lowest BCUT2D eigenvalue weighted by Gasteiger charge is -2.24. The fourth-order valence-corrected chi connectivity index (χ4v) is 3.03. The van der Waals surface area contributed by atoms with Crippen LogP contribution in [0.3, 0.4) is 0 Å². The second-order valence-corrected chi connectivity index (χ2v) is 6.88. The number of ether oxygens (including phenoxy) is 2. The summed E-state index contributed by atoms with van der Waals surface area (Å²) in [5.41, 5.74) is -1.49. The maximum atomic E-state index is 13.3. The third-order valence-electron chi connectivity index (χ3n) is 3.63. The highest BCUT2D eigenvalue weighted by molar-refractivity contribution is 9.09. The zero-order chi connectivity index (χ0) is 19.5. The molecule has 26 heavy (non-hydrogen) atoms. The fraction of sp³-hybridized carbons (Fsp3) is 0.353. The molecule has 1 aromatic carbocycles. The minimum absolute atomic E-state index is 0.0325. The van der Waals surface area contributed by atoms with E-state index in [0.717, 1.165) is 19.1 Å². The lowest BCUT2D eigenvalue weighted by Crippen LogP contribution is -2.33. The van der Waals surface area contributed by atoms with Gasteiger partial charge in [-0.3, -0.25) is 19.7 Å². The summed E-state index contributed by atoms with van der Waals surface area (Å²) in [6.45, 7) is 2.51. The number of esters is 1. The average Bonchev–Trinajstić information content (AvgIpc) is 2.77. The van der Waals surface area contributed by atoms with Crippen LogP contribution in [0.25, 0.3) is 0 Å². The fourth-order valence-electron chi connectivity index (χ4n) is 2.41. The average molecular weight is 449 g/mol. The number of rotatable bonds is 6. The predicted molar refractivity (Wildman–Crippen MR) is 94.8 cm³/mol. The van der Waals surface area contributed by atoms with Crippen molar-refractivity contribution < 1.29 is 28.2 Å². The van der Waals surface area contributed by atoms with Gasteiger partial charge in [-0.25, -0.2) is 4.39 Å². The van der Waals surface area contributed by atoms with Crippen LogP contribution < -0.4 is 5.32 Å². The molecule has 1 aliphatic heterocycles. The minimum Gasteiger partial charge on any atom is -0.456 e. The number of Topliss-reactive ketones (excluding diaryl/α,β-unsaturated/α-hetero) is 1. The molecule has 1 aliphatic rings. The summed E-state index contributed by atoms with van der Waals surface area (Å²) in [4.78, 5) is 36.2. The molecule has 0 bridgehead atoms. The monoisotopic (exact) mass is 447 g/mol. The van der Waals surface area contributed by atoms with E-state index in [9.17, 15) is 18.8 Å². The van der Waals surface area contributed by atoms with E-state index in [2.05, 4.69) is 21.2 Å². The molecule has 6 nitrogen and oxygen atoms in total. The smallest absolute Gasteiger partial charge is 0.308 e. The summed E-state index contributed by atoms with van der Waals surface area (Å²) in [7, 11) is 0. The lowest BCUT2D eigenvalue weighted by atomic mass is 9.91. The molecule has 0 saturated heterocycles. The highest BCUT2D eigenvalue weighted by atomic mass is 79.9. The van der Waals surface area contributed by atoms with E-state index in [4.69, 9.17) is 21.1 Å². The van der Waals surface area contributed by atoms with Crippen molar-refractivity contribution in [1.29, 1.82) is 0 Å². The van der Waals surface area contributed by atoms with Crippen molar-refractivity contribution in [1.82, 2.24) is 5.32 Å². The molecule has 2 rings (SSSR count). The number of ketones is 1. The van der Waals surface area contributed by atoms with Gasteiger partial charge >= 0.3 is 5.97 Å². The third kappa shape index (κ3) is 4.24. The van der Waals surface area contributed by atoms with Crippen molar-refractivity contribution >= 4 is 45.2 Å². The third-order valence-corrected chi connectivity index (χ3v) is 4.51. The van der Waals surface area contributed by atoms with Crippen molar-refractivity contribution in [2.75, 3.05) is 5.33 Å². The lowest BCUT2D eigenvalue weighted by molar-refractivity contribution is -0.142. The molecular formula is C17H16BrClFNO5. The maximum Gasteiger partial charge on any atom is 0.308 e. The van der Waals surface area contributed by atoms with Gasteiger partial charge in [-0.1, -0.05) is 33.6 Å². The Hall–Kier alpha value is -1.93. The van der Waals surface area contributed by atoms with Gasteiger partial charge in [-0.2, -0.15) is 0 Å². The zero-order valence-electron chi connectivity index (χ0n) is 14.0. The summed E-state index contributed by atoms with van der Waals surface area (Å²) >= 11 is 9.26. The van der Waals surface area contributed by atoms with Gasteiger partial charge in [-0.05, 0) is 25.5 Å². The molecule has 1 unspecified atom stereocenters. The van der Waals surface area contributed by atoms with Gasteiger partial charge in [0.15, 0.2) is 0 Å². The molecule has 9 heteroatoms. The highest BCUT2D eigenvalue weighted by Crippen LogP contribution is 2.41. The molecule has 1 atom stereocenters. The number of halogens is 3. The molecule has 0 aliphatic carbocycles. The van der Waals surface area contributed by atoms with Crippen LogP contribution in [-0.2, 0) is 29.5 Å². The van der Waals surface area contributed by atoms with E-state index in [1.54, 1.807) is 0 Å². The molecule has 1 N–H and O–H groups in total. The molecule has 140 valence electrons. The number of amides is 1. The van der Waals surface area contributed by atoms with E-state index < -0.39 is 34.8 Å². The maximum absolute atomic E-state index is 13.3. The largest absolute Gasteiger partial charge is 0.456 e. The number of alkyl halides is 1. The van der Waals surface area contributed by atoms with Crippen LogP contribution in [0.1, 0.15) is 32.3 Å². The van der Waals surface area contributed by atoms with Crippen molar-refractivity contribution in [2.24, 2.45) is 0 Å². The van der Waals surface area contributed by atoms with Crippen LogP contribution in [-0.4, -0.2) is 23.0 Å². The number of nitrogens with one attached hydrogen (secondary N) is 1. The van der Waals surface area contributed by atoms with Gasteiger partial charge in [0.05, 0.1) is 5.02 Å². The Balaban J connectivity index is 2.38. The predicted octanol–water partition coefficient (Wildman–Crippen LogP) is 3.32. The standard InChI is InChI=1S/C17H16BrClFNO5/c1-9(22)25-14-15(24)17(2,11-6-5-10(20)8-12(11)19)26-16(14)21-13(23)4-3-7-18/h5-6,8H,3-4,7H2,1-2H3,(H,21,23). The Labute approximate surface area is 162 Å². The van der Waals surface area contributed by atoms with Crippen molar-refractivity contribution in [3.05, 3.63) is 46.2 Å². The SMILES string of the molecule is CC(=O)OC1=C(NC(=O)CCCBr)OC(C)(c2ccc(F)cc2Cl)C1=O. The molecule has 1 amide bonds. The number of benzene rings is 1. The quantitative estimate of drug-likeness (QED) is 0.533. The Morgan fingerprint density at radius 1 is 1.42 bits per heavy atom. The number of carbonyl (C=O) groups excluding carboxylic acids is 3. The first kappa shape index (κ1) is 20.4. The summed E-state index contributed by atoms with van der Waals surface area (Å²) in [6.07, 6.45) is 0.741. The van der Waals surface area contributed by atoms with E-state index in [1.165, 1.54) is 13.0 Å². The zero-order valence-corrected chi connectivity index (χ0v) is 16.4. The van der Waals surface area contributed by atoms with Gasteiger partial charge in [0.1, 0.15) is 5.82 Å². The highest BCUT2D eigenvalue weighted by Gasteiger charge is 2.50. The minimum atomic E-state index is -1.67. The molecule has 1 heterocycles. The van der Waals surface area contributed by atoms with Gasteiger partial charge in [-0.15, -0.1) is 0 Å². The van der Waals surface area contributed by atoms with E-state index in [0.29, 0.717) is 11.8 Å². The Morgan fingerprint density at radius 2 is 2.12 bits per heavy atom.